The van der Waals surface area contributed by atoms with Gasteiger partial charge < -0.3 is 15.0 Å². The molecule has 41 heavy (non-hydrogen) atoms. The maximum Gasteiger partial charge on any atom is 0.264 e. The fourth-order valence-corrected chi connectivity index (χ4v) is 5.80. The lowest BCUT2D eigenvalue weighted by Gasteiger charge is -2.33. The molecular formula is C32H41N3O5S. The van der Waals surface area contributed by atoms with Gasteiger partial charge in [-0.2, -0.15) is 0 Å². The van der Waals surface area contributed by atoms with Crippen LogP contribution in [0.2, 0.25) is 0 Å². The predicted molar refractivity (Wildman–Crippen MR) is 162 cm³/mol. The Morgan fingerprint density at radius 3 is 2.07 bits per heavy atom. The smallest absolute Gasteiger partial charge is 0.264 e. The lowest BCUT2D eigenvalue weighted by Crippen LogP contribution is -2.53. The van der Waals surface area contributed by atoms with E-state index in [1.54, 1.807) is 36.4 Å². The van der Waals surface area contributed by atoms with Crippen LogP contribution in [0, 0.1) is 6.92 Å². The molecule has 0 aliphatic rings. The number of carbonyl (C=O) groups excluding carboxylic acids is 2. The third-order valence-corrected chi connectivity index (χ3v) is 8.69. The van der Waals surface area contributed by atoms with Crippen molar-refractivity contribution in [3.05, 3.63) is 90.0 Å². The number of ether oxygens (including phenoxy) is 1. The first kappa shape index (κ1) is 31.7. The summed E-state index contributed by atoms with van der Waals surface area (Å²) in [6, 6.07) is 21.7. The molecule has 0 aromatic heterocycles. The van der Waals surface area contributed by atoms with Crippen molar-refractivity contribution in [2.75, 3.05) is 17.5 Å². The highest BCUT2D eigenvalue weighted by Crippen LogP contribution is 2.26. The number of benzene rings is 3. The number of carbonyl (C=O) groups is 2. The molecule has 3 aromatic carbocycles. The summed E-state index contributed by atoms with van der Waals surface area (Å²) in [4.78, 5) is 28.9. The Kier molecular flexibility index (Phi) is 11.3. The molecule has 0 unspecified atom stereocenters. The summed E-state index contributed by atoms with van der Waals surface area (Å²) in [5.41, 5.74) is 2.15. The highest BCUT2D eigenvalue weighted by Gasteiger charge is 2.34. The van der Waals surface area contributed by atoms with Crippen molar-refractivity contribution < 1.29 is 22.7 Å². The van der Waals surface area contributed by atoms with Gasteiger partial charge in [0, 0.05) is 12.6 Å². The Balaban J connectivity index is 2.03. The molecule has 2 amide bonds. The average molecular weight is 580 g/mol. The molecule has 0 spiro atoms. The van der Waals surface area contributed by atoms with E-state index in [1.807, 2.05) is 65.0 Å². The minimum atomic E-state index is -4.15. The van der Waals surface area contributed by atoms with E-state index in [4.69, 9.17) is 4.74 Å². The minimum absolute atomic E-state index is 0.0329. The summed E-state index contributed by atoms with van der Waals surface area (Å²) in [5, 5.41) is 2.99. The Labute approximate surface area is 244 Å². The summed E-state index contributed by atoms with van der Waals surface area (Å²) in [5.74, 6) is -0.186. The second-order valence-corrected chi connectivity index (χ2v) is 11.9. The molecular weight excluding hydrogens is 538 g/mol. The van der Waals surface area contributed by atoms with Crippen molar-refractivity contribution in [2.45, 2.75) is 71.0 Å². The first-order valence-electron chi connectivity index (χ1n) is 14.1. The number of nitrogens with one attached hydrogen (secondary N) is 1. The molecule has 2 atom stereocenters. The van der Waals surface area contributed by atoms with Gasteiger partial charge in [0.1, 0.15) is 18.3 Å². The average Bonchev–Trinajstić information content (AvgIpc) is 2.97. The van der Waals surface area contributed by atoms with E-state index < -0.39 is 28.5 Å². The lowest BCUT2D eigenvalue weighted by atomic mass is 10.1. The molecule has 3 rings (SSSR count). The number of amides is 2. The van der Waals surface area contributed by atoms with Gasteiger partial charge in [-0.15, -0.1) is 0 Å². The van der Waals surface area contributed by atoms with Crippen molar-refractivity contribution in [2.24, 2.45) is 0 Å². The zero-order valence-corrected chi connectivity index (χ0v) is 25.4. The van der Waals surface area contributed by atoms with Gasteiger partial charge >= 0.3 is 0 Å². The molecule has 8 nitrogen and oxygen atoms in total. The van der Waals surface area contributed by atoms with Crippen LogP contribution in [0.5, 0.6) is 5.75 Å². The van der Waals surface area contributed by atoms with Crippen LogP contribution in [0.15, 0.2) is 83.8 Å². The Morgan fingerprint density at radius 1 is 0.878 bits per heavy atom. The van der Waals surface area contributed by atoms with Crippen LogP contribution in [0.1, 0.15) is 51.7 Å². The number of nitrogens with zero attached hydrogens (tertiary/aromatic N) is 2. The molecule has 0 aliphatic carbocycles. The number of hydrogen-bond donors (Lipinski definition) is 1. The zero-order chi connectivity index (χ0) is 30.0. The predicted octanol–water partition coefficient (Wildman–Crippen LogP) is 5.31. The van der Waals surface area contributed by atoms with Crippen molar-refractivity contribution in [1.82, 2.24) is 10.2 Å². The van der Waals surface area contributed by atoms with Crippen LogP contribution in [-0.4, -0.2) is 50.4 Å². The van der Waals surface area contributed by atoms with Gasteiger partial charge in [0.2, 0.25) is 11.8 Å². The van der Waals surface area contributed by atoms with Crippen molar-refractivity contribution in [3.63, 3.8) is 0 Å². The molecule has 0 heterocycles. The number of sulfonamides is 1. The molecule has 3 aromatic rings. The first-order chi connectivity index (χ1) is 19.6. The molecule has 220 valence electrons. The largest absolute Gasteiger partial charge is 0.494 e. The summed E-state index contributed by atoms with van der Waals surface area (Å²) in [6.45, 7) is 9.64. The number of hydrogen-bond acceptors (Lipinski definition) is 5. The fraction of sp³-hybridized carbons (Fsp3) is 0.375. The van der Waals surface area contributed by atoms with Gasteiger partial charge in [0.15, 0.2) is 0 Å². The maximum absolute atomic E-state index is 14.1. The third kappa shape index (κ3) is 8.33. The summed E-state index contributed by atoms with van der Waals surface area (Å²) >= 11 is 0. The second kappa shape index (κ2) is 14.7. The van der Waals surface area contributed by atoms with Gasteiger partial charge in [-0.1, -0.05) is 61.9 Å². The Morgan fingerprint density at radius 2 is 1.51 bits per heavy atom. The summed E-state index contributed by atoms with van der Waals surface area (Å²) in [7, 11) is -4.15. The summed E-state index contributed by atoms with van der Waals surface area (Å²) < 4.78 is 34.6. The van der Waals surface area contributed by atoms with Crippen LogP contribution in [-0.2, 0) is 26.2 Å². The van der Waals surface area contributed by atoms with E-state index >= 15 is 0 Å². The standard InChI is InChI=1S/C32H41N3O5S/c1-6-25(5)33-32(37)30(7-2)34(22-26-12-10-9-11-13-26)31(36)23-35(27-16-14-24(4)15-17-27)41(38,39)29-20-18-28(19-21-29)40-8-3/h9-21,25,30H,6-8,22-23H2,1-5H3,(H,33,37)/t25-,30-/m1/s1. The molecule has 0 aliphatic heterocycles. The Hall–Kier alpha value is -3.85. The van der Waals surface area contributed by atoms with E-state index in [1.165, 1.54) is 17.0 Å². The second-order valence-electron chi connectivity index (χ2n) is 10.0. The zero-order valence-electron chi connectivity index (χ0n) is 24.5. The minimum Gasteiger partial charge on any atom is -0.494 e. The van der Waals surface area contributed by atoms with Gasteiger partial charge in [0.25, 0.3) is 10.0 Å². The van der Waals surface area contributed by atoms with Crippen molar-refractivity contribution >= 4 is 27.5 Å². The molecule has 0 bridgehead atoms. The molecule has 0 saturated heterocycles. The normalized spacial score (nSPS) is 12.7. The highest BCUT2D eigenvalue weighted by molar-refractivity contribution is 7.92. The van der Waals surface area contributed by atoms with Crippen molar-refractivity contribution in [3.8, 4) is 5.75 Å². The first-order valence-corrected chi connectivity index (χ1v) is 15.5. The van der Waals surface area contributed by atoms with Crippen LogP contribution in [0.3, 0.4) is 0 Å². The van der Waals surface area contributed by atoms with Gasteiger partial charge in [-0.3, -0.25) is 13.9 Å². The van der Waals surface area contributed by atoms with E-state index in [9.17, 15) is 18.0 Å². The molecule has 0 fully saturated rings. The van der Waals surface area contributed by atoms with Crippen LogP contribution >= 0.6 is 0 Å². The number of rotatable bonds is 14. The van der Waals surface area contributed by atoms with E-state index in [2.05, 4.69) is 5.32 Å². The quantitative estimate of drug-likeness (QED) is 0.279. The molecule has 0 radical (unpaired) electrons. The van der Waals surface area contributed by atoms with E-state index in [0.717, 1.165) is 21.9 Å². The van der Waals surface area contributed by atoms with Gasteiger partial charge in [0.05, 0.1) is 17.2 Å². The Bertz CT molecular complexity index is 1380. The maximum atomic E-state index is 14.1. The molecule has 1 N–H and O–H groups in total. The van der Waals surface area contributed by atoms with Crippen LogP contribution in [0.4, 0.5) is 5.69 Å². The van der Waals surface area contributed by atoms with Gasteiger partial charge in [-0.05, 0) is 75.6 Å². The molecule has 0 saturated carbocycles. The molecule has 9 heteroatoms. The van der Waals surface area contributed by atoms with Crippen LogP contribution < -0.4 is 14.4 Å². The fourth-order valence-electron chi connectivity index (χ4n) is 4.38. The van der Waals surface area contributed by atoms with Gasteiger partial charge in [-0.25, -0.2) is 8.42 Å². The number of anilines is 1. The van der Waals surface area contributed by atoms with E-state index in [-0.39, 0.29) is 23.4 Å². The number of aryl methyl sites for hydroxylation is 1. The SMILES string of the molecule is CCOc1ccc(S(=O)(=O)N(CC(=O)N(Cc2ccccc2)[C@H](CC)C(=O)N[C@H](C)CC)c2ccc(C)cc2)cc1. The monoisotopic (exact) mass is 579 g/mol. The van der Waals surface area contributed by atoms with Crippen molar-refractivity contribution in [1.29, 1.82) is 0 Å². The third-order valence-electron chi connectivity index (χ3n) is 6.91. The topological polar surface area (TPSA) is 96.0 Å². The lowest BCUT2D eigenvalue weighted by molar-refractivity contribution is -0.140. The van der Waals surface area contributed by atoms with E-state index in [0.29, 0.717) is 24.5 Å². The summed E-state index contributed by atoms with van der Waals surface area (Å²) in [6.07, 6.45) is 1.12. The highest BCUT2D eigenvalue weighted by atomic mass is 32.2. The van der Waals surface area contributed by atoms with Crippen LogP contribution in [0.25, 0.3) is 0 Å².